The first kappa shape index (κ1) is 17.0. The second-order valence-corrected chi connectivity index (χ2v) is 6.79. The van der Waals surface area contributed by atoms with E-state index >= 15 is 0 Å². The number of halogens is 1. The fourth-order valence-corrected chi connectivity index (χ4v) is 3.88. The van der Waals surface area contributed by atoms with Gasteiger partial charge in [0.05, 0.1) is 22.4 Å². The van der Waals surface area contributed by atoms with Gasteiger partial charge in [0, 0.05) is 6.61 Å². The molecule has 0 spiro atoms. The van der Waals surface area contributed by atoms with Gasteiger partial charge in [-0.3, -0.25) is 0 Å². The molecule has 0 bridgehead atoms. The van der Waals surface area contributed by atoms with Crippen LogP contribution in [0.3, 0.4) is 0 Å². The van der Waals surface area contributed by atoms with E-state index in [0.29, 0.717) is 0 Å². The maximum Gasteiger partial charge on any atom is 0.137 e. The van der Waals surface area contributed by atoms with Crippen molar-refractivity contribution >= 4 is 15.9 Å². The van der Waals surface area contributed by atoms with Gasteiger partial charge in [-0.2, -0.15) is 0 Å². The van der Waals surface area contributed by atoms with Crippen molar-refractivity contribution in [3.8, 4) is 0 Å². The van der Waals surface area contributed by atoms with Gasteiger partial charge in [-0.15, -0.1) is 0 Å². The summed E-state index contributed by atoms with van der Waals surface area (Å²) in [5.41, 5.74) is -0.138. The molecule has 0 aromatic carbocycles. The van der Waals surface area contributed by atoms with Crippen molar-refractivity contribution in [1.82, 2.24) is 5.32 Å². The molecule has 1 aliphatic rings. The highest BCUT2D eigenvalue weighted by molar-refractivity contribution is 9.10. The molecule has 0 amide bonds. The third-order valence-electron chi connectivity index (χ3n) is 4.41. The first-order chi connectivity index (χ1) is 10.2. The SMILES string of the molecule is CCCNC(c1occc1Br)C1(OCC)CCCCCC1. The minimum absolute atomic E-state index is 0.125. The number of hydrogen-bond donors (Lipinski definition) is 1. The number of ether oxygens (including phenoxy) is 1. The Morgan fingerprint density at radius 3 is 2.52 bits per heavy atom. The molecule has 4 heteroatoms. The van der Waals surface area contributed by atoms with E-state index in [1.807, 2.05) is 6.07 Å². The molecule has 1 heterocycles. The summed E-state index contributed by atoms with van der Waals surface area (Å²) in [4.78, 5) is 0. The lowest BCUT2D eigenvalue weighted by molar-refractivity contribution is -0.0825. The van der Waals surface area contributed by atoms with E-state index in [2.05, 4.69) is 35.1 Å². The summed E-state index contributed by atoms with van der Waals surface area (Å²) in [5.74, 6) is 0.985. The minimum Gasteiger partial charge on any atom is -0.466 e. The van der Waals surface area contributed by atoms with Gasteiger partial charge in [-0.25, -0.2) is 0 Å². The molecule has 3 nitrogen and oxygen atoms in total. The fraction of sp³-hybridized carbons (Fsp3) is 0.765. The Balaban J connectivity index is 2.31. The zero-order valence-corrected chi connectivity index (χ0v) is 14.9. The first-order valence-electron chi connectivity index (χ1n) is 8.33. The van der Waals surface area contributed by atoms with Gasteiger partial charge in [-0.05, 0) is 54.7 Å². The number of rotatable bonds is 7. The lowest BCUT2D eigenvalue weighted by Gasteiger charge is -2.40. The lowest BCUT2D eigenvalue weighted by Crippen LogP contribution is -2.46. The molecule has 0 saturated heterocycles. The highest BCUT2D eigenvalue weighted by Gasteiger charge is 2.42. The van der Waals surface area contributed by atoms with Crippen molar-refractivity contribution in [3.63, 3.8) is 0 Å². The largest absolute Gasteiger partial charge is 0.466 e. The van der Waals surface area contributed by atoms with Gasteiger partial charge < -0.3 is 14.5 Å². The molecule has 120 valence electrons. The topological polar surface area (TPSA) is 34.4 Å². The van der Waals surface area contributed by atoms with Gasteiger partial charge in [0.15, 0.2) is 0 Å². The van der Waals surface area contributed by atoms with Crippen LogP contribution >= 0.6 is 15.9 Å². The average Bonchev–Trinajstić information content (AvgIpc) is 2.75. The summed E-state index contributed by atoms with van der Waals surface area (Å²) in [6.45, 7) is 6.03. The van der Waals surface area contributed by atoms with E-state index in [0.717, 1.165) is 42.6 Å². The predicted molar refractivity (Wildman–Crippen MR) is 89.5 cm³/mol. The summed E-state index contributed by atoms with van der Waals surface area (Å²) in [6.07, 6.45) is 10.2. The van der Waals surface area contributed by atoms with Crippen LogP contribution in [0.25, 0.3) is 0 Å². The normalized spacial score (nSPS) is 20.1. The molecule has 1 atom stereocenters. The highest BCUT2D eigenvalue weighted by atomic mass is 79.9. The van der Waals surface area contributed by atoms with Crippen LogP contribution in [0, 0.1) is 0 Å². The second kappa shape index (κ2) is 8.35. The van der Waals surface area contributed by atoms with Crippen LogP contribution in [-0.4, -0.2) is 18.8 Å². The monoisotopic (exact) mass is 357 g/mol. The Morgan fingerprint density at radius 1 is 1.29 bits per heavy atom. The van der Waals surface area contributed by atoms with Crippen LogP contribution in [0.15, 0.2) is 21.2 Å². The van der Waals surface area contributed by atoms with Gasteiger partial charge in [0.25, 0.3) is 0 Å². The molecular weight excluding hydrogens is 330 g/mol. The number of hydrogen-bond acceptors (Lipinski definition) is 3. The zero-order valence-electron chi connectivity index (χ0n) is 13.3. The van der Waals surface area contributed by atoms with Crippen molar-refractivity contribution in [3.05, 3.63) is 22.6 Å². The number of furan rings is 1. The highest BCUT2D eigenvalue weighted by Crippen LogP contribution is 2.42. The fourth-order valence-electron chi connectivity index (χ4n) is 3.45. The van der Waals surface area contributed by atoms with Gasteiger partial charge in [0.2, 0.25) is 0 Å². The first-order valence-corrected chi connectivity index (χ1v) is 9.13. The van der Waals surface area contributed by atoms with Crippen LogP contribution in [-0.2, 0) is 4.74 Å². The Hall–Kier alpha value is -0.320. The molecule has 1 aliphatic carbocycles. The molecule has 21 heavy (non-hydrogen) atoms. The van der Waals surface area contributed by atoms with E-state index in [1.165, 1.54) is 25.7 Å². The number of nitrogens with one attached hydrogen (secondary N) is 1. The zero-order chi connectivity index (χ0) is 15.1. The summed E-state index contributed by atoms with van der Waals surface area (Å²) in [6, 6.07) is 2.10. The minimum atomic E-state index is -0.138. The van der Waals surface area contributed by atoms with E-state index < -0.39 is 0 Å². The molecule has 1 fully saturated rings. The van der Waals surface area contributed by atoms with Gasteiger partial charge in [-0.1, -0.05) is 32.6 Å². The molecule has 1 saturated carbocycles. The van der Waals surface area contributed by atoms with Gasteiger partial charge in [0.1, 0.15) is 5.76 Å². The Labute approximate surface area is 136 Å². The van der Waals surface area contributed by atoms with Crippen molar-refractivity contribution in [1.29, 1.82) is 0 Å². The summed E-state index contributed by atoms with van der Waals surface area (Å²) in [7, 11) is 0. The molecule has 1 unspecified atom stereocenters. The Bertz CT molecular complexity index is 411. The second-order valence-electron chi connectivity index (χ2n) is 5.93. The Morgan fingerprint density at radius 2 is 2.00 bits per heavy atom. The van der Waals surface area contributed by atoms with Gasteiger partial charge >= 0.3 is 0 Å². The smallest absolute Gasteiger partial charge is 0.137 e. The van der Waals surface area contributed by atoms with Crippen molar-refractivity contribution < 1.29 is 9.15 Å². The maximum absolute atomic E-state index is 6.35. The lowest BCUT2D eigenvalue weighted by atomic mass is 9.84. The molecule has 0 radical (unpaired) electrons. The van der Waals surface area contributed by atoms with E-state index in [-0.39, 0.29) is 11.6 Å². The molecule has 1 N–H and O–H groups in total. The third kappa shape index (κ3) is 4.11. The molecular formula is C17H28BrNO2. The molecule has 1 aromatic rings. The molecule has 2 rings (SSSR count). The summed E-state index contributed by atoms with van der Waals surface area (Å²) >= 11 is 3.63. The summed E-state index contributed by atoms with van der Waals surface area (Å²) in [5, 5.41) is 3.69. The predicted octanol–water partition coefficient (Wildman–Crippen LogP) is 5.21. The standard InChI is InChI=1S/C17H28BrNO2/c1-3-12-19-16(15-14(18)9-13-20-15)17(21-4-2)10-7-5-6-8-11-17/h9,13,16,19H,3-8,10-12H2,1-2H3. The van der Waals surface area contributed by atoms with Crippen molar-refractivity contribution in [2.75, 3.05) is 13.2 Å². The Kier molecular flexibility index (Phi) is 6.77. The summed E-state index contributed by atoms with van der Waals surface area (Å²) < 4.78 is 13.2. The quantitative estimate of drug-likeness (QED) is 0.679. The maximum atomic E-state index is 6.35. The average molecular weight is 358 g/mol. The van der Waals surface area contributed by atoms with E-state index in [1.54, 1.807) is 6.26 Å². The van der Waals surface area contributed by atoms with Crippen LogP contribution in [0.2, 0.25) is 0 Å². The molecule has 0 aliphatic heterocycles. The third-order valence-corrected chi connectivity index (χ3v) is 5.07. The van der Waals surface area contributed by atoms with E-state index in [9.17, 15) is 0 Å². The van der Waals surface area contributed by atoms with E-state index in [4.69, 9.17) is 9.15 Å². The van der Waals surface area contributed by atoms with Crippen LogP contribution in [0.1, 0.15) is 70.6 Å². The van der Waals surface area contributed by atoms with Crippen molar-refractivity contribution in [2.45, 2.75) is 70.4 Å². The van der Waals surface area contributed by atoms with Crippen molar-refractivity contribution in [2.24, 2.45) is 0 Å². The van der Waals surface area contributed by atoms with Crippen LogP contribution < -0.4 is 5.32 Å². The van der Waals surface area contributed by atoms with Crippen LogP contribution in [0.4, 0.5) is 0 Å². The molecule has 1 aromatic heterocycles. The van der Waals surface area contributed by atoms with Crippen LogP contribution in [0.5, 0.6) is 0 Å².